The number of carbonyl (C=O) groups excluding carboxylic acids is 2. The number of amides is 2. The van der Waals surface area contributed by atoms with E-state index in [4.69, 9.17) is 9.15 Å². The summed E-state index contributed by atoms with van der Waals surface area (Å²) in [5.74, 6) is 0.0819. The average molecular weight is 524 g/mol. The van der Waals surface area contributed by atoms with Crippen molar-refractivity contribution in [1.29, 1.82) is 0 Å². The molecule has 2 bridgehead atoms. The van der Waals surface area contributed by atoms with E-state index in [1.807, 2.05) is 75.4 Å². The predicted octanol–water partition coefficient (Wildman–Crippen LogP) is 5.94. The highest BCUT2D eigenvalue weighted by Gasteiger charge is 2.25. The molecule has 0 fully saturated rings. The largest absolute Gasteiger partial charge is 0.455 e. The van der Waals surface area contributed by atoms with Crippen molar-refractivity contribution in [2.75, 3.05) is 32.1 Å². The highest BCUT2D eigenvalue weighted by atomic mass is 16.5. The minimum Gasteiger partial charge on any atom is -0.455 e. The Morgan fingerprint density at radius 3 is 2.51 bits per heavy atom. The summed E-state index contributed by atoms with van der Waals surface area (Å²) in [7, 11) is 1.61. The number of fused-ring (bicyclic) bond motifs is 5. The smallest absolute Gasteiger partial charge is 0.255 e. The van der Waals surface area contributed by atoms with Gasteiger partial charge in [-0.1, -0.05) is 48.5 Å². The van der Waals surface area contributed by atoms with E-state index in [0.29, 0.717) is 47.6 Å². The molecule has 0 radical (unpaired) electrons. The van der Waals surface area contributed by atoms with E-state index in [1.54, 1.807) is 13.1 Å². The lowest BCUT2D eigenvalue weighted by molar-refractivity contribution is 0.0749. The maximum absolute atomic E-state index is 13.2. The second-order valence-electron chi connectivity index (χ2n) is 10.7. The second-order valence-corrected chi connectivity index (χ2v) is 10.7. The van der Waals surface area contributed by atoms with Gasteiger partial charge in [-0.15, -0.1) is 0 Å². The minimum absolute atomic E-state index is 0.187. The first-order valence-electron chi connectivity index (χ1n) is 13.0. The first-order chi connectivity index (χ1) is 18.6. The Hall–Kier alpha value is -4.36. The van der Waals surface area contributed by atoms with Gasteiger partial charge < -0.3 is 25.1 Å². The van der Waals surface area contributed by atoms with E-state index >= 15 is 0 Å². The first-order valence-corrected chi connectivity index (χ1v) is 13.0. The van der Waals surface area contributed by atoms with Crippen LogP contribution in [0.5, 0.6) is 0 Å². The number of hydrogen-bond donors (Lipinski definition) is 3. The van der Waals surface area contributed by atoms with Gasteiger partial charge in [0.1, 0.15) is 11.3 Å². The maximum Gasteiger partial charge on any atom is 0.255 e. The first kappa shape index (κ1) is 26.3. The summed E-state index contributed by atoms with van der Waals surface area (Å²) in [6.45, 7) is 11.2. The fraction of sp³-hybridized carbons (Fsp3) is 0.250. The molecule has 7 nitrogen and oxygen atoms in total. The lowest BCUT2D eigenvalue weighted by Gasteiger charge is -2.27. The number of aryl methyl sites for hydroxylation is 1. The molecule has 0 spiro atoms. The average Bonchev–Trinajstić information content (AvgIpc) is 3.29. The van der Waals surface area contributed by atoms with Gasteiger partial charge in [0.2, 0.25) is 0 Å². The second kappa shape index (κ2) is 10.4. The fourth-order valence-electron chi connectivity index (χ4n) is 4.75. The summed E-state index contributed by atoms with van der Waals surface area (Å²) in [6.07, 6.45) is 0. The summed E-state index contributed by atoms with van der Waals surface area (Å²) in [5, 5.41) is 9.99. The SMILES string of the molecule is C=C1CNc2cc3oc(-c4ccc(C)cc4)c(C(=O)NC)c3cc2-c2cccc(c2)C(=O)NC(C)(C)COC1. The topological polar surface area (TPSA) is 92.6 Å². The maximum atomic E-state index is 13.2. The fourth-order valence-corrected chi connectivity index (χ4v) is 4.75. The Labute approximate surface area is 228 Å². The van der Waals surface area contributed by atoms with Crippen LogP contribution in [0, 0.1) is 6.92 Å². The number of benzene rings is 3. The number of nitrogens with one attached hydrogen (secondary N) is 3. The molecule has 7 heteroatoms. The summed E-state index contributed by atoms with van der Waals surface area (Å²) in [6, 6.07) is 19.2. The van der Waals surface area contributed by atoms with Gasteiger partial charge in [0.15, 0.2) is 0 Å². The van der Waals surface area contributed by atoms with Crippen molar-refractivity contribution in [3.63, 3.8) is 0 Å². The van der Waals surface area contributed by atoms with Crippen LogP contribution in [-0.4, -0.2) is 44.2 Å². The molecular weight excluding hydrogens is 490 g/mol. The molecule has 0 saturated carbocycles. The molecule has 0 unspecified atom stereocenters. The van der Waals surface area contributed by atoms with Gasteiger partial charge in [0.25, 0.3) is 11.8 Å². The number of ether oxygens (including phenoxy) is 1. The summed E-state index contributed by atoms with van der Waals surface area (Å²) in [5.41, 5.74) is 6.29. The van der Waals surface area contributed by atoms with Crippen molar-refractivity contribution in [2.24, 2.45) is 0 Å². The van der Waals surface area contributed by atoms with Crippen molar-refractivity contribution >= 4 is 28.5 Å². The summed E-state index contributed by atoms with van der Waals surface area (Å²) >= 11 is 0. The highest BCUT2D eigenvalue weighted by Crippen LogP contribution is 2.40. The van der Waals surface area contributed by atoms with E-state index in [9.17, 15) is 9.59 Å². The molecular formula is C32H33N3O4. The van der Waals surface area contributed by atoms with Crippen LogP contribution in [0.4, 0.5) is 5.69 Å². The molecule has 200 valence electrons. The van der Waals surface area contributed by atoms with E-state index < -0.39 is 5.54 Å². The lowest BCUT2D eigenvalue weighted by atomic mass is 9.96. The van der Waals surface area contributed by atoms with E-state index in [0.717, 1.165) is 33.5 Å². The van der Waals surface area contributed by atoms with Crippen LogP contribution in [0.2, 0.25) is 0 Å². The van der Waals surface area contributed by atoms with Crippen LogP contribution in [0.1, 0.15) is 40.1 Å². The third-order valence-electron chi connectivity index (χ3n) is 6.78. The van der Waals surface area contributed by atoms with E-state index in [1.165, 1.54) is 0 Å². The van der Waals surface area contributed by atoms with Gasteiger partial charge >= 0.3 is 0 Å². The highest BCUT2D eigenvalue weighted by molar-refractivity contribution is 6.13. The molecule has 0 aliphatic carbocycles. The summed E-state index contributed by atoms with van der Waals surface area (Å²) < 4.78 is 12.2. The van der Waals surface area contributed by atoms with E-state index in [2.05, 4.69) is 22.5 Å². The van der Waals surface area contributed by atoms with Crippen molar-refractivity contribution in [1.82, 2.24) is 10.6 Å². The number of furan rings is 1. The number of hydrogen-bond acceptors (Lipinski definition) is 5. The van der Waals surface area contributed by atoms with E-state index in [-0.39, 0.29) is 11.8 Å². The molecule has 1 aliphatic heterocycles. The van der Waals surface area contributed by atoms with Gasteiger partial charge in [0, 0.05) is 47.4 Å². The molecule has 5 rings (SSSR count). The van der Waals surface area contributed by atoms with Gasteiger partial charge in [-0.3, -0.25) is 9.59 Å². The Morgan fingerprint density at radius 2 is 1.77 bits per heavy atom. The molecule has 1 aliphatic rings. The van der Waals surface area contributed by atoms with Crippen LogP contribution in [0.3, 0.4) is 0 Å². The molecule has 0 atom stereocenters. The monoisotopic (exact) mass is 523 g/mol. The molecule has 4 aromatic rings. The standard InChI is InChI=1S/C32H33N3O4/c1-19-9-11-21(12-10-19)29-28(31(37)33-5)25-14-24-22-7-6-8-23(13-22)30(36)35-32(3,4)18-38-17-20(2)16-34-26(24)15-27(25)39-29/h6-15,34H,2,16-18H2,1,3-5H3,(H,33,37)(H,35,36). The summed E-state index contributed by atoms with van der Waals surface area (Å²) in [4.78, 5) is 26.3. The van der Waals surface area contributed by atoms with Gasteiger partial charge in [-0.05, 0) is 50.1 Å². The van der Waals surface area contributed by atoms with Crippen molar-refractivity contribution in [3.05, 3.63) is 89.5 Å². The van der Waals surface area contributed by atoms with Gasteiger partial charge in [-0.25, -0.2) is 0 Å². The minimum atomic E-state index is -0.555. The number of carbonyl (C=O) groups is 2. The van der Waals surface area contributed by atoms with Crippen LogP contribution in [-0.2, 0) is 4.74 Å². The molecule has 3 aromatic carbocycles. The van der Waals surface area contributed by atoms with Crippen LogP contribution >= 0.6 is 0 Å². The molecule has 39 heavy (non-hydrogen) atoms. The van der Waals surface area contributed by atoms with Crippen molar-refractivity contribution in [3.8, 4) is 22.5 Å². The quantitative estimate of drug-likeness (QED) is 0.283. The Kier molecular flexibility index (Phi) is 7.02. The zero-order chi connectivity index (χ0) is 27.7. The Bertz CT molecular complexity index is 1580. The third kappa shape index (κ3) is 5.45. The zero-order valence-electron chi connectivity index (χ0n) is 22.7. The normalized spacial score (nSPS) is 15.6. The molecule has 2 amide bonds. The third-order valence-corrected chi connectivity index (χ3v) is 6.78. The predicted molar refractivity (Wildman–Crippen MR) is 155 cm³/mol. The molecule has 1 aromatic heterocycles. The lowest BCUT2D eigenvalue weighted by Crippen LogP contribution is -2.47. The van der Waals surface area contributed by atoms with Crippen molar-refractivity contribution < 1.29 is 18.7 Å². The number of rotatable bonds is 2. The van der Waals surface area contributed by atoms with Crippen LogP contribution in [0.25, 0.3) is 33.4 Å². The molecule has 0 saturated heterocycles. The van der Waals surface area contributed by atoms with Gasteiger partial charge in [0.05, 0.1) is 24.3 Å². The Morgan fingerprint density at radius 1 is 1.03 bits per heavy atom. The van der Waals surface area contributed by atoms with Gasteiger partial charge in [-0.2, -0.15) is 0 Å². The van der Waals surface area contributed by atoms with Crippen molar-refractivity contribution in [2.45, 2.75) is 26.3 Å². The van der Waals surface area contributed by atoms with Crippen LogP contribution in [0.15, 0.2) is 77.2 Å². The number of anilines is 1. The Balaban J connectivity index is 1.72. The molecule has 3 N–H and O–H groups in total. The zero-order valence-corrected chi connectivity index (χ0v) is 22.7. The molecule has 2 heterocycles. The van der Waals surface area contributed by atoms with Crippen LogP contribution < -0.4 is 16.0 Å².